The van der Waals surface area contributed by atoms with Crippen molar-refractivity contribution in [2.75, 3.05) is 5.32 Å². The first-order valence-corrected chi connectivity index (χ1v) is 18.4. The zero-order valence-electron chi connectivity index (χ0n) is 31.5. The molecule has 284 valence electrons. The summed E-state index contributed by atoms with van der Waals surface area (Å²) in [6.07, 6.45) is 1.68. The molecule has 2 heterocycles. The monoisotopic (exact) mass is 760 g/mol. The number of carbonyl (C=O) groups is 1. The summed E-state index contributed by atoms with van der Waals surface area (Å²) in [4.78, 5) is 26.6. The molecule has 8 aromatic rings. The average molecular weight is 761 g/mol. The van der Waals surface area contributed by atoms with Crippen LogP contribution in [0, 0.1) is 25.5 Å². The molecule has 1 N–H and O–H groups in total. The zero-order valence-corrected chi connectivity index (χ0v) is 31.5. The fourth-order valence-corrected chi connectivity index (χ4v) is 7.75. The quantitative estimate of drug-likeness (QED) is 0.133. The van der Waals surface area contributed by atoms with Gasteiger partial charge in [-0.25, -0.2) is 13.6 Å². The molecule has 0 spiro atoms. The van der Waals surface area contributed by atoms with Gasteiger partial charge in [0.25, 0.3) is 0 Å². The Bertz CT molecular complexity index is 2660. The maximum atomic E-state index is 16.3. The van der Waals surface area contributed by atoms with Crippen molar-refractivity contribution in [2.24, 2.45) is 7.05 Å². The van der Waals surface area contributed by atoms with E-state index in [-0.39, 0.29) is 18.9 Å². The summed E-state index contributed by atoms with van der Waals surface area (Å²) in [5.74, 6) is -0.925. The van der Waals surface area contributed by atoms with Gasteiger partial charge in [0.1, 0.15) is 30.8 Å². The number of nitrogens with zero attached hydrogens (tertiary/aromatic N) is 5. The number of hydrogen-bond donors (Lipinski definition) is 1. The Morgan fingerprint density at radius 2 is 1.39 bits per heavy atom. The lowest BCUT2D eigenvalue weighted by Crippen LogP contribution is -2.38. The summed E-state index contributed by atoms with van der Waals surface area (Å²) in [5.41, 5.74) is 5.62. The molecule has 0 aliphatic rings. The van der Waals surface area contributed by atoms with Gasteiger partial charge in [-0.1, -0.05) is 91.0 Å². The summed E-state index contributed by atoms with van der Waals surface area (Å²) in [6, 6.07) is 42.7. The van der Waals surface area contributed by atoms with Gasteiger partial charge in [-0.3, -0.25) is 18.5 Å². The first-order chi connectivity index (χ1) is 27.6. The van der Waals surface area contributed by atoms with E-state index >= 15 is 4.39 Å². The van der Waals surface area contributed by atoms with Crippen LogP contribution in [-0.2, 0) is 30.5 Å². The number of halogens is 2. The molecule has 0 fully saturated rings. The van der Waals surface area contributed by atoms with Crippen molar-refractivity contribution in [3.05, 3.63) is 202 Å². The van der Waals surface area contributed by atoms with Crippen LogP contribution >= 0.6 is 0 Å². The van der Waals surface area contributed by atoms with Crippen LogP contribution in [-0.4, -0.2) is 29.8 Å². The van der Waals surface area contributed by atoms with Gasteiger partial charge in [0.2, 0.25) is 5.91 Å². The van der Waals surface area contributed by atoms with Gasteiger partial charge in [0.15, 0.2) is 17.4 Å². The number of carbonyl (C=O) groups excluding carboxylic acids is 1. The van der Waals surface area contributed by atoms with Crippen molar-refractivity contribution in [3.8, 4) is 16.9 Å². The molecule has 2 aromatic heterocycles. The summed E-state index contributed by atoms with van der Waals surface area (Å²) < 4.78 is 40.8. The number of fused-ring (bicyclic) bond motifs is 1. The molecule has 9 nitrogen and oxygen atoms in total. The number of benzene rings is 6. The number of ether oxygens (including phenoxy) is 1. The van der Waals surface area contributed by atoms with E-state index in [1.807, 2.05) is 84.3 Å². The predicted molar refractivity (Wildman–Crippen MR) is 216 cm³/mol. The van der Waals surface area contributed by atoms with Crippen LogP contribution in [0.5, 0.6) is 5.75 Å². The standard InChI is InChI=1S/C46H38F2N6O3/c1-30-23-38(43-40(24-30)53(45(56)52(43)3)27-42(55)50-37-21-19-36(47)20-22-37)32-25-31(2)44(39(48)26-32)57-28-41-51-49-29-54(41)46(33-13-7-4-8-14-33,34-15-9-5-10-16-34)35-17-11-6-12-18-35/h4-26,29H,27-28H2,1-3H3,(H,50,55). The van der Waals surface area contributed by atoms with Crippen molar-refractivity contribution in [3.63, 3.8) is 0 Å². The molecular weight excluding hydrogens is 723 g/mol. The molecule has 1 amide bonds. The maximum absolute atomic E-state index is 16.3. The maximum Gasteiger partial charge on any atom is 0.329 e. The fourth-order valence-electron chi connectivity index (χ4n) is 7.75. The van der Waals surface area contributed by atoms with Gasteiger partial charge < -0.3 is 10.1 Å². The lowest BCUT2D eigenvalue weighted by atomic mass is 9.76. The van der Waals surface area contributed by atoms with E-state index in [1.165, 1.54) is 39.5 Å². The summed E-state index contributed by atoms with van der Waals surface area (Å²) in [7, 11) is 1.62. The molecule has 0 atom stereocenters. The lowest BCUT2D eigenvalue weighted by Gasteiger charge is -2.38. The largest absolute Gasteiger partial charge is 0.482 e. The molecule has 11 heteroatoms. The van der Waals surface area contributed by atoms with Gasteiger partial charge in [-0.15, -0.1) is 10.2 Å². The Hall–Kier alpha value is -7.14. The second-order valence-corrected chi connectivity index (χ2v) is 14.0. The normalized spacial score (nSPS) is 11.5. The highest BCUT2D eigenvalue weighted by atomic mass is 19.1. The molecule has 0 saturated carbocycles. The third kappa shape index (κ3) is 6.77. The second kappa shape index (κ2) is 15.2. The highest BCUT2D eigenvalue weighted by molar-refractivity contribution is 5.96. The molecule has 0 unspecified atom stereocenters. The van der Waals surface area contributed by atoms with Crippen LogP contribution in [0.15, 0.2) is 151 Å². The van der Waals surface area contributed by atoms with Crippen molar-refractivity contribution in [1.82, 2.24) is 23.9 Å². The van der Waals surface area contributed by atoms with Gasteiger partial charge in [0, 0.05) is 18.3 Å². The highest BCUT2D eigenvalue weighted by Crippen LogP contribution is 2.42. The van der Waals surface area contributed by atoms with E-state index in [2.05, 4.69) is 51.9 Å². The molecule has 57 heavy (non-hydrogen) atoms. The molecule has 0 radical (unpaired) electrons. The molecule has 0 bridgehead atoms. The SMILES string of the molecule is Cc1cc(-c2cc(C)c(OCc3nncn3C(c3ccccc3)(c3ccccc3)c3ccccc3)c(F)c2)c2c(c1)n(CC(=O)Nc1ccc(F)cc1)c(=O)n2C. The minimum absolute atomic E-state index is 0.0610. The van der Waals surface area contributed by atoms with E-state index in [0.29, 0.717) is 39.2 Å². The summed E-state index contributed by atoms with van der Waals surface area (Å²) >= 11 is 0. The van der Waals surface area contributed by atoms with Crippen LogP contribution in [0.25, 0.3) is 22.2 Å². The van der Waals surface area contributed by atoms with E-state index < -0.39 is 28.8 Å². The number of aromatic nitrogens is 5. The number of rotatable bonds is 11. The minimum Gasteiger partial charge on any atom is -0.482 e. The Morgan fingerprint density at radius 3 is 1.96 bits per heavy atom. The first-order valence-electron chi connectivity index (χ1n) is 18.4. The molecule has 6 aromatic carbocycles. The van der Waals surface area contributed by atoms with Crippen molar-refractivity contribution in [2.45, 2.75) is 32.5 Å². The van der Waals surface area contributed by atoms with Crippen LogP contribution in [0.3, 0.4) is 0 Å². The average Bonchev–Trinajstić information content (AvgIpc) is 3.78. The number of anilines is 1. The number of amides is 1. The summed E-state index contributed by atoms with van der Waals surface area (Å²) in [5, 5.41) is 11.6. The Kier molecular flexibility index (Phi) is 9.81. The van der Waals surface area contributed by atoms with Crippen molar-refractivity contribution < 1.29 is 18.3 Å². The Balaban J connectivity index is 1.14. The van der Waals surface area contributed by atoms with Crippen molar-refractivity contribution >= 4 is 22.6 Å². The van der Waals surface area contributed by atoms with Crippen LogP contribution in [0.1, 0.15) is 33.6 Å². The molecule has 0 saturated heterocycles. The van der Waals surface area contributed by atoms with E-state index in [1.54, 1.807) is 20.3 Å². The highest BCUT2D eigenvalue weighted by Gasteiger charge is 2.40. The summed E-state index contributed by atoms with van der Waals surface area (Å²) in [6.45, 7) is 3.28. The van der Waals surface area contributed by atoms with Gasteiger partial charge >= 0.3 is 5.69 Å². The van der Waals surface area contributed by atoms with E-state index in [0.717, 1.165) is 22.3 Å². The van der Waals surface area contributed by atoms with Crippen LogP contribution in [0.2, 0.25) is 0 Å². The predicted octanol–water partition coefficient (Wildman–Crippen LogP) is 8.55. The van der Waals surface area contributed by atoms with Gasteiger partial charge in [-0.2, -0.15) is 0 Å². The fraction of sp³-hybridized carbons (Fsp3) is 0.130. The van der Waals surface area contributed by atoms with E-state index in [9.17, 15) is 14.0 Å². The second-order valence-electron chi connectivity index (χ2n) is 14.0. The minimum atomic E-state index is -0.881. The molecular formula is C46H38F2N6O3. The third-order valence-corrected chi connectivity index (χ3v) is 10.2. The van der Waals surface area contributed by atoms with Crippen LogP contribution in [0.4, 0.5) is 14.5 Å². The molecule has 0 aliphatic carbocycles. The number of imidazole rings is 1. The Labute approximate surface area is 327 Å². The number of nitrogens with one attached hydrogen (secondary N) is 1. The first kappa shape index (κ1) is 36.8. The lowest BCUT2D eigenvalue weighted by molar-refractivity contribution is -0.116. The van der Waals surface area contributed by atoms with Crippen molar-refractivity contribution in [1.29, 1.82) is 0 Å². The molecule has 0 aliphatic heterocycles. The third-order valence-electron chi connectivity index (χ3n) is 10.2. The van der Waals surface area contributed by atoms with E-state index in [4.69, 9.17) is 4.74 Å². The topological polar surface area (TPSA) is 96.0 Å². The number of aryl methyl sites for hydroxylation is 3. The number of hydrogen-bond acceptors (Lipinski definition) is 5. The molecule has 8 rings (SSSR count). The van der Waals surface area contributed by atoms with Gasteiger partial charge in [-0.05, 0) is 95.8 Å². The Morgan fingerprint density at radius 1 is 0.789 bits per heavy atom. The van der Waals surface area contributed by atoms with Gasteiger partial charge in [0.05, 0.1) is 11.0 Å². The van der Waals surface area contributed by atoms with Crippen LogP contribution < -0.4 is 15.7 Å². The smallest absolute Gasteiger partial charge is 0.329 e. The zero-order chi connectivity index (χ0) is 39.7.